The van der Waals surface area contributed by atoms with Gasteiger partial charge in [0.05, 0.1) is 6.61 Å². The second-order valence-corrected chi connectivity index (χ2v) is 6.88. The van der Waals surface area contributed by atoms with Crippen LogP contribution in [0.2, 0.25) is 0 Å². The summed E-state index contributed by atoms with van der Waals surface area (Å²) in [6, 6.07) is 0.434. The largest absolute Gasteiger partial charge is 0.394 e. The Morgan fingerprint density at radius 1 is 1.31 bits per heavy atom. The summed E-state index contributed by atoms with van der Waals surface area (Å²) < 4.78 is 0. The molecule has 1 fully saturated rings. The van der Waals surface area contributed by atoms with E-state index in [9.17, 15) is 5.11 Å². The molecule has 0 amide bonds. The minimum Gasteiger partial charge on any atom is -0.394 e. The highest BCUT2D eigenvalue weighted by atomic mass is 32.2. The molecule has 16 heavy (non-hydrogen) atoms. The van der Waals surface area contributed by atoms with Gasteiger partial charge in [-0.2, -0.15) is 11.8 Å². The third kappa shape index (κ3) is 5.07. The van der Waals surface area contributed by atoms with Gasteiger partial charge in [-0.15, -0.1) is 0 Å². The van der Waals surface area contributed by atoms with Crippen LogP contribution in [0.3, 0.4) is 0 Å². The van der Waals surface area contributed by atoms with Crippen LogP contribution < -0.4 is 5.32 Å². The smallest absolute Gasteiger partial charge is 0.0618 e. The van der Waals surface area contributed by atoms with Crippen LogP contribution in [-0.2, 0) is 0 Å². The number of nitrogens with one attached hydrogen (secondary N) is 1. The first-order chi connectivity index (χ1) is 7.56. The Morgan fingerprint density at radius 2 is 1.94 bits per heavy atom. The second-order valence-electron chi connectivity index (χ2n) is 5.59. The van der Waals surface area contributed by atoms with E-state index in [1.54, 1.807) is 0 Å². The first-order valence-electron chi connectivity index (χ1n) is 6.56. The van der Waals surface area contributed by atoms with E-state index in [2.05, 4.69) is 26.1 Å². The minimum atomic E-state index is -0.115. The van der Waals surface area contributed by atoms with Gasteiger partial charge in [0, 0.05) is 22.6 Å². The van der Waals surface area contributed by atoms with Crippen molar-refractivity contribution >= 4 is 11.8 Å². The number of hydrogen-bond acceptors (Lipinski definition) is 3. The molecule has 0 aromatic rings. The zero-order valence-electron chi connectivity index (χ0n) is 11.0. The Bertz CT molecular complexity index is 192. The number of aliphatic hydroxyl groups is 1. The average Bonchev–Trinajstić information content (AvgIpc) is 2.27. The lowest BCUT2D eigenvalue weighted by molar-refractivity contribution is 0.183. The Morgan fingerprint density at radius 3 is 2.44 bits per heavy atom. The fourth-order valence-corrected chi connectivity index (χ4v) is 3.81. The van der Waals surface area contributed by atoms with Crippen molar-refractivity contribution in [1.82, 2.24) is 5.32 Å². The summed E-state index contributed by atoms with van der Waals surface area (Å²) in [7, 11) is 0. The van der Waals surface area contributed by atoms with Crippen molar-refractivity contribution < 1.29 is 5.11 Å². The highest BCUT2D eigenvalue weighted by molar-refractivity contribution is 7.99. The molecule has 0 radical (unpaired) electrons. The number of thioether (sulfide) groups is 1. The van der Waals surface area contributed by atoms with E-state index in [-0.39, 0.29) is 12.1 Å². The Labute approximate surface area is 105 Å². The average molecular weight is 245 g/mol. The molecular weight excluding hydrogens is 218 g/mol. The Balaban J connectivity index is 2.31. The molecular formula is C13H27NOS. The summed E-state index contributed by atoms with van der Waals surface area (Å²) in [6.07, 6.45) is 6.94. The molecule has 1 aliphatic carbocycles. The predicted octanol–water partition coefficient (Wildman–Crippen LogP) is 2.80. The fraction of sp³-hybridized carbons (Fsp3) is 1.00. The van der Waals surface area contributed by atoms with E-state index in [1.807, 2.05) is 11.8 Å². The summed E-state index contributed by atoms with van der Waals surface area (Å²) >= 11 is 2.05. The molecule has 2 N–H and O–H groups in total. The molecule has 0 aliphatic heterocycles. The molecule has 1 unspecified atom stereocenters. The van der Waals surface area contributed by atoms with Crippen molar-refractivity contribution in [2.45, 2.75) is 69.7 Å². The third-order valence-electron chi connectivity index (χ3n) is 3.18. The molecule has 1 aliphatic rings. The van der Waals surface area contributed by atoms with Gasteiger partial charge < -0.3 is 10.4 Å². The van der Waals surface area contributed by atoms with Gasteiger partial charge in [0.2, 0.25) is 0 Å². The molecule has 0 bridgehead atoms. The standard InChI is InChI=1S/C13H27NOS/c1-11(2)14-13(3,9-15)10-16-12-7-5-4-6-8-12/h11-12,14-15H,4-10H2,1-3H3. The second kappa shape index (κ2) is 6.87. The lowest BCUT2D eigenvalue weighted by Gasteiger charge is -2.33. The maximum absolute atomic E-state index is 9.49. The van der Waals surface area contributed by atoms with Crippen LogP contribution in [0.25, 0.3) is 0 Å². The molecule has 3 heteroatoms. The summed E-state index contributed by atoms with van der Waals surface area (Å²) in [6.45, 7) is 6.63. The first kappa shape index (κ1) is 14.3. The molecule has 0 spiro atoms. The molecule has 1 rings (SSSR count). The van der Waals surface area contributed by atoms with Crippen molar-refractivity contribution in [3.63, 3.8) is 0 Å². The Hall–Kier alpha value is 0.270. The topological polar surface area (TPSA) is 32.3 Å². The lowest BCUT2D eigenvalue weighted by atomic mass is 10.0. The monoisotopic (exact) mass is 245 g/mol. The Kier molecular flexibility index (Phi) is 6.16. The van der Waals surface area contributed by atoms with Crippen molar-refractivity contribution in [2.24, 2.45) is 0 Å². The molecule has 1 atom stereocenters. The summed E-state index contributed by atoms with van der Waals surface area (Å²) in [5, 5.41) is 13.8. The van der Waals surface area contributed by atoms with Crippen LogP contribution in [0.15, 0.2) is 0 Å². The number of rotatable bonds is 6. The molecule has 2 nitrogen and oxygen atoms in total. The van der Waals surface area contributed by atoms with E-state index >= 15 is 0 Å². The summed E-state index contributed by atoms with van der Waals surface area (Å²) in [5.41, 5.74) is -0.115. The van der Waals surface area contributed by atoms with Gasteiger partial charge in [0.25, 0.3) is 0 Å². The summed E-state index contributed by atoms with van der Waals surface area (Å²) in [5.74, 6) is 1.02. The van der Waals surface area contributed by atoms with Crippen molar-refractivity contribution in [3.8, 4) is 0 Å². The van der Waals surface area contributed by atoms with E-state index < -0.39 is 0 Å². The van der Waals surface area contributed by atoms with Crippen LogP contribution in [0.1, 0.15) is 52.9 Å². The normalized spacial score (nSPS) is 22.3. The van der Waals surface area contributed by atoms with Gasteiger partial charge in [-0.1, -0.05) is 33.1 Å². The SMILES string of the molecule is CC(C)NC(C)(CO)CSC1CCCCC1. The quantitative estimate of drug-likeness (QED) is 0.755. The van der Waals surface area contributed by atoms with Crippen LogP contribution in [0, 0.1) is 0 Å². The molecule has 0 aromatic carbocycles. The van der Waals surface area contributed by atoms with Crippen LogP contribution >= 0.6 is 11.8 Å². The van der Waals surface area contributed by atoms with E-state index in [0.29, 0.717) is 6.04 Å². The highest BCUT2D eigenvalue weighted by Gasteiger charge is 2.26. The van der Waals surface area contributed by atoms with Crippen molar-refractivity contribution in [1.29, 1.82) is 0 Å². The van der Waals surface area contributed by atoms with Gasteiger partial charge in [-0.25, -0.2) is 0 Å². The lowest BCUT2D eigenvalue weighted by Crippen LogP contribution is -2.51. The van der Waals surface area contributed by atoms with Gasteiger partial charge in [-0.3, -0.25) is 0 Å². The molecule has 0 aromatic heterocycles. The molecule has 1 saturated carbocycles. The van der Waals surface area contributed by atoms with Crippen molar-refractivity contribution in [3.05, 3.63) is 0 Å². The molecule has 96 valence electrons. The van der Waals surface area contributed by atoms with Crippen LogP contribution in [0.5, 0.6) is 0 Å². The van der Waals surface area contributed by atoms with E-state index in [1.165, 1.54) is 32.1 Å². The van der Waals surface area contributed by atoms with Gasteiger partial charge in [-0.05, 0) is 19.8 Å². The van der Waals surface area contributed by atoms with Gasteiger partial charge in [0.15, 0.2) is 0 Å². The fourth-order valence-electron chi connectivity index (χ4n) is 2.36. The number of aliphatic hydroxyl groups excluding tert-OH is 1. The van der Waals surface area contributed by atoms with Crippen LogP contribution in [0.4, 0.5) is 0 Å². The predicted molar refractivity (Wildman–Crippen MR) is 73.1 cm³/mol. The van der Waals surface area contributed by atoms with Gasteiger partial charge >= 0.3 is 0 Å². The minimum absolute atomic E-state index is 0.115. The maximum atomic E-state index is 9.49. The zero-order chi connectivity index (χ0) is 12.0. The maximum Gasteiger partial charge on any atom is 0.0618 e. The highest BCUT2D eigenvalue weighted by Crippen LogP contribution is 2.30. The number of hydrogen-bond donors (Lipinski definition) is 2. The van der Waals surface area contributed by atoms with Crippen LogP contribution in [-0.4, -0.2) is 34.3 Å². The van der Waals surface area contributed by atoms with Crippen molar-refractivity contribution in [2.75, 3.05) is 12.4 Å². The third-order valence-corrected chi connectivity index (χ3v) is 4.92. The molecule has 0 saturated heterocycles. The first-order valence-corrected chi connectivity index (χ1v) is 7.61. The summed E-state index contributed by atoms with van der Waals surface area (Å²) in [4.78, 5) is 0. The van der Waals surface area contributed by atoms with E-state index in [0.717, 1.165) is 11.0 Å². The van der Waals surface area contributed by atoms with Gasteiger partial charge in [0.1, 0.15) is 0 Å². The zero-order valence-corrected chi connectivity index (χ0v) is 11.8. The van der Waals surface area contributed by atoms with E-state index in [4.69, 9.17) is 0 Å². The molecule has 0 heterocycles.